The quantitative estimate of drug-likeness (QED) is 0.816. The van der Waals surface area contributed by atoms with E-state index in [9.17, 15) is 4.79 Å². The van der Waals surface area contributed by atoms with Crippen LogP contribution in [0.1, 0.15) is 10.4 Å². The molecule has 1 heterocycles. The van der Waals surface area contributed by atoms with Crippen LogP contribution in [0.5, 0.6) is 0 Å². The zero-order chi connectivity index (χ0) is 12.8. The van der Waals surface area contributed by atoms with Crippen LogP contribution in [0.25, 0.3) is 11.3 Å². The number of carbonyl (C=O) groups excluding carboxylic acids is 1. The van der Waals surface area contributed by atoms with Gasteiger partial charge in [-0.2, -0.15) is 0 Å². The molecule has 0 aliphatic carbocycles. The van der Waals surface area contributed by atoms with E-state index in [-0.39, 0.29) is 5.91 Å². The molecule has 0 unspecified atom stereocenters. The summed E-state index contributed by atoms with van der Waals surface area (Å²) in [4.78, 5) is 11.9. The summed E-state index contributed by atoms with van der Waals surface area (Å²) in [5, 5.41) is 6.41. The number of aromatic nitrogens is 1. The van der Waals surface area contributed by atoms with Crippen molar-refractivity contribution >= 4 is 5.91 Å². The molecule has 5 heteroatoms. The normalized spacial score (nSPS) is 10.3. The minimum absolute atomic E-state index is 0.216. The molecule has 0 saturated heterocycles. The smallest absolute Gasteiger partial charge is 0.256 e. The van der Waals surface area contributed by atoms with Gasteiger partial charge < -0.3 is 14.6 Å². The van der Waals surface area contributed by atoms with Gasteiger partial charge in [0.15, 0.2) is 5.76 Å². The Kier molecular flexibility index (Phi) is 4.09. The van der Waals surface area contributed by atoms with Gasteiger partial charge in [-0.3, -0.25) is 4.79 Å². The molecule has 0 spiro atoms. The van der Waals surface area contributed by atoms with Crippen molar-refractivity contribution < 1.29 is 14.1 Å². The van der Waals surface area contributed by atoms with Crippen LogP contribution in [-0.4, -0.2) is 31.3 Å². The third kappa shape index (κ3) is 2.75. The Morgan fingerprint density at radius 1 is 1.39 bits per heavy atom. The second kappa shape index (κ2) is 5.97. The molecule has 1 aromatic carbocycles. The van der Waals surface area contributed by atoms with Crippen LogP contribution in [0.15, 0.2) is 41.1 Å². The van der Waals surface area contributed by atoms with Crippen LogP contribution in [0.4, 0.5) is 0 Å². The third-order valence-corrected chi connectivity index (χ3v) is 2.44. The van der Waals surface area contributed by atoms with Gasteiger partial charge in [-0.25, -0.2) is 0 Å². The molecule has 18 heavy (non-hydrogen) atoms. The fourth-order valence-electron chi connectivity index (χ4n) is 1.56. The van der Waals surface area contributed by atoms with Gasteiger partial charge in [-0.15, -0.1) is 0 Å². The van der Waals surface area contributed by atoms with E-state index in [4.69, 9.17) is 9.26 Å². The predicted octanol–water partition coefficient (Wildman–Crippen LogP) is 1.72. The van der Waals surface area contributed by atoms with E-state index < -0.39 is 0 Å². The lowest BCUT2D eigenvalue weighted by atomic mass is 10.1. The number of nitrogens with one attached hydrogen (secondary N) is 1. The van der Waals surface area contributed by atoms with E-state index in [0.717, 1.165) is 5.56 Å². The summed E-state index contributed by atoms with van der Waals surface area (Å²) in [6.45, 7) is 0.923. The molecule has 2 aromatic rings. The first kappa shape index (κ1) is 12.3. The number of nitrogens with zero attached hydrogens (tertiary/aromatic N) is 1. The van der Waals surface area contributed by atoms with Crippen molar-refractivity contribution in [2.75, 3.05) is 20.3 Å². The van der Waals surface area contributed by atoms with Crippen molar-refractivity contribution in [2.45, 2.75) is 0 Å². The van der Waals surface area contributed by atoms with Gasteiger partial charge in [0.25, 0.3) is 5.91 Å². The van der Waals surface area contributed by atoms with E-state index in [1.165, 1.54) is 6.20 Å². The van der Waals surface area contributed by atoms with E-state index in [2.05, 4.69) is 10.5 Å². The Bertz CT molecular complexity index is 508. The average molecular weight is 246 g/mol. The lowest BCUT2D eigenvalue weighted by Crippen LogP contribution is -2.26. The van der Waals surface area contributed by atoms with Crippen LogP contribution in [-0.2, 0) is 4.74 Å². The molecule has 2 rings (SSSR count). The Hall–Kier alpha value is -2.14. The fourth-order valence-corrected chi connectivity index (χ4v) is 1.56. The number of ether oxygens (including phenoxy) is 1. The Balaban J connectivity index is 2.15. The van der Waals surface area contributed by atoms with Crippen molar-refractivity contribution in [2.24, 2.45) is 0 Å². The van der Waals surface area contributed by atoms with Gasteiger partial charge in [0.2, 0.25) is 0 Å². The van der Waals surface area contributed by atoms with E-state index >= 15 is 0 Å². The first-order valence-corrected chi connectivity index (χ1v) is 5.60. The topological polar surface area (TPSA) is 64.4 Å². The molecule has 0 saturated carbocycles. The molecule has 0 aliphatic rings. The number of benzene rings is 1. The standard InChI is InChI=1S/C13H14N2O3/c1-17-8-7-14-13(16)11-9-15-18-12(11)10-5-3-2-4-6-10/h2-6,9H,7-8H2,1H3,(H,14,16). The number of amides is 1. The molecular formula is C13H14N2O3. The maximum atomic E-state index is 11.9. The summed E-state index contributed by atoms with van der Waals surface area (Å²) < 4.78 is 10.0. The van der Waals surface area contributed by atoms with Crippen molar-refractivity contribution in [3.63, 3.8) is 0 Å². The first-order valence-electron chi connectivity index (χ1n) is 5.60. The zero-order valence-corrected chi connectivity index (χ0v) is 10.1. The molecule has 5 nitrogen and oxygen atoms in total. The van der Waals surface area contributed by atoms with Crippen molar-refractivity contribution in [3.8, 4) is 11.3 Å². The summed E-state index contributed by atoms with van der Waals surface area (Å²) in [6, 6.07) is 9.39. The summed E-state index contributed by atoms with van der Waals surface area (Å²) in [5.74, 6) is 0.262. The molecule has 1 N–H and O–H groups in total. The molecule has 1 amide bonds. The van der Waals surface area contributed by atoms with Gasteiger partial charge in [0.1, 0.15) is 5.56 Å². The van der Waals surface area contributed by atoms with Crippen molar-refractivity contribution in [3.05, 3.63) is 42.1 Å². The van der Waals surface area contributed by atoms with Gasteiger partial charge >= 0.3 is 0 Å². The SMILES string of the molecule is COCCNC(=O)c1cnoc1-c1ccccc1. The van der Waals surface area contributed by atoms with Crippen molar-refractivity contribution in [1.82, 2.24) is 10.5 Å². The third-order valence-electron chi connectivity index (χ3n) is 2.44. The molecule has 0 bridgehead atoms. The Morgan fingerprint density at radius 2 is 2.17 bits per heavy atom. The average Bonchev–Trinajstić information content (AvgIpc) is 2.89. The number of methoxy groups -OCH3 is 1. The Labute approximate surface area is 105 Å². The lowest BCUT2D eigenvalue weighted by molar-refractivity contribution is 0.0937. The minimum Gasteiger partial charge on any atom is -0.383 e. The zero-order valence-electron chi connectivity index (χ0n) is 10.1. The van der Waals surface area contributed by atoms with Crippen LogP contribution >= 0.6 is 0 Å². The van der Waals surface area contributed by atoms with E-state index in [1.54, 1.807) is 7.11 Å². The van der Waals surface area contributed by atoms with Crippen LogP contribution in [0, 0.1) is 0 Å². The Morgan fingerprint density at radius 3 is 2.89 bits per heavy atom. The second-order valence-corrected chi connectivity index (χ2v) is 3.68. The largest absolute Gasteiger partial charge is 0.383 e. The van der Waals surface area contributed by atoms with E-state index in [1.807, 2.05) is 30.3 Å². The molecule has 94 valence electrons. The predicted molar refractivity (Wildman–Crippen MR) is 66.1 cm³/mol. The van der Waals surface area contributed by atoms with Gasteiger partial charge in [0.05, 0.1) is 12.8 Å². The highest BCUT2D eigenvalue weighted by Gasteiger charge is 2.16. The molecule has 1 aromatic heterocycles. The molecule has 0 aliphatic heterocycles. The van der Waals surface area contributed by atoms with Crippen LogP contribution in [0.3, 0.4) is 0 Å². The number of carbonyl (C=O) groups is 1. The molecule has 0 fully saturated rings. The summed E-state index contributed by atoms with van der Waals surface area (Å²) in [5.41, 5.74) is 1.25. The molecular weight excluding hydrogens is 232 g/mol. The fraction of sp³-hybridized carbons (Fsp3) is 0.231. The van der Waals surface area contributed by atoms with Crippen LogP contribution < -0.4 is 5.32 Å². The summed E-state index contributed by atoms with van der Waals surface area (Å²) >= 11 is 0. The highest BCUT2D eigenvalue weighted by molar-refractivity contribution is 5.99. The number of hydrogen-bond donors (Lipinski definition) is 1. The van der Waals surface area contributed by atoms with Gasteiger partial charge in [-0.1, -0.05) is 35.5 Å². The first-order chi connectivity index (χ1) is 8.83. The van der Waals surface area contributed by atoms with Gasteiger partial charge in [0, 0.05) is 19.2 Å². The maximum absolute atomic E-state index is 11.9. The number of rotatable bonds is 5. The lowest BCUT2D eigenvalue weighted by Gasteiger charge is -2.03. The van der Waals surface area contributed by atoms with Crippen LogP contribution in [0.2, 0.25) is 0 Å². The van der Waals surface area contributed by atoms with Crippen molar-refractivity contribution in [1.29, 1.82) is 0 Å². The maximum Gasteiger partial charge on any atom is 0.256 e. The highest BCUT2D eigenvalue weighted by atomic mass is 16.5. The minimum atomic E-state index is -0.216. The monoisotopic (exact) mass is 246 g/mol. The summed E-state index contributed by atoms with van der Waals surface area (Å²) in [6.07, 6.45) is 1.42. The number of hydrogen-bond acceptors (Lipinski definition) is 4. The molecule has 0 atom stereocenters. The van der Waals surface area contributed by atoms with Gasteiger partial charge in [-0.05, 0) is 0 Å². The highest BCUT2D eigenvalue weighted by Crippen LogP contribution is 2.22. The molecule has 0 radical (unpaired) electrons. The second-order valence-electron chi connectivity index (χ2n) is 3.68. The van der Waals surface area contributed by atoms with E-state index in [0.29, 0.717) is 24.5 Å². The summed E-state index contributed by atoms with van der Waals surface area (Å²) in [7, 11) is 1.58.